The van der Waals surface area contributed by atoms with Gasteiger partial charge in [-0.3, -0.25) is 4.79 Å². The number of nitrogens with one attached hydrogen (secondary N) is 2. The quantitative estimate of drug-likeness (QED) is 0.513. The molecule has 0 aromatic heterocycles. The molecule has 0 bridgehead atoms. The van der Waals surface area contributed by atoms with E-state index in [4.69, 9.17) is 0 Å². The van der Waals surface area contributed by atoms with Gasteiger partial charge in [0.05, 0.1) is 6.54 Å². The van der Waals surface area contributed by atoms with Crippen molar-refractivity contribution in [2.24, 2.45) is 11.8 Å². The predicted octanol–water partition coefficient (Wildman–Crippen LogP) is 1.31. The molecule has 0 radical (unpaired) electrons. The first kappa shape index (κ1) is 12.2. The molecule has 0 heterocycles. The van der Waals surface area contributed by atoms with E-state index >= 15 is 0 Å². The summed E-state index contributed by atoms with van der Waals surface area (Å²) in [5.74, 6) is 1.55. The molecule has 3 nitrogen and oxygen atoms in total. The van der Waals surface area contributed by atoms with E-state index < -0.39 is 0 Å². The molecule has 1 aliphatic carbocycles. The Hall–Kier alpha value is -0.830. The Morgan fingerprint density at radius 2 is 2.33 bits per heavy atom. The summed E-state index contributed by atoms with van der Waals surface area (Å²) in [4.78, 5) is 11.4. The highest BCUT2D eigenvalue weighted by molar-refractivity contribution is 5.77. The second kappa shape index (κ2) is 6.62. The van der Waals surface area contributed by atoms with Crippen molar-refractivity contribution in [2.75, 3.05) is 19.6 Å². The molecule has 1 amide bonds. The smallest absolute Gasteiger partial charge is 0.233 e. The molecule has 1 fully saturated rings. The maximum atomic E-state index is 11.4. The van der Waals surface area contributed by atoms with Gasteiger partial charge in [0.25, 0.3) is 0 Å². The predicted molar refractivity (Wildman–Crippen MR) is 62.6 cm³/mol. The van der Waals surface area contributed by atoms with Gasteiger partial charge in [-0.2, -0.15) is 0 Å². The maximum absolute atomic E-state index is 11.4. The van der Waals surface area contributed by atoms with Crippen LogP contribution in [-0.2, 0) is 4.79 Å². The van der Waals surface area contributed by atoms with E-state index in [0.29, 0.717) is 19.0 Å². The summed E-state index contributed by atoms with van der Waals surface area (Å²) >= 11 is 0. The highest BCUT2D eigenvalue weighted by atomic mass is 16.1. The minimum atomic E-state index is 0.0935. The van der Waals surface area contributed by atoms with Crippen molar-refractivity contribution in [2.45, 2.75) is 26.2 Å². The van der Waals surface area contributed by atoms with Crippen LogP contribution in [0.3, 0.4) is 0 Å². The molecular formula is C12H22N2O. The molecule has 1 aliphatic rings. The van der Waals surface area contributed by atoms with E-state index in [1.54, 1.807) is 6.08 Å². The molecule has 0 aromatic carbocycles. The fourth-order valence-corrected chi connectivity index (χ4v) is 2.12. The van der Waals surface area contributed by atoms with E-state index in [2.05, 4.69) is 24.1 Å². The van der Waals surface area contributed by atoms with Gasteiger partial charge in [0.2, 0.25) is 5.91 Å². The molecule has 2 atom stereocenters. The van der Waals surface area contributed by atoms with Gasteiger partial charge in [0.1, 0.15) is 0 Å². The first-order chi connectivity index (χ1) is 7.24. The monoisotopic (exact) mass is 210 g/mol. The number of rotatable bonds is 6. The summed E-state index contributed by atoms with van der Waals surface area (Å²) in [6, 6.07) is 0. The Morgan fingerprint density at radius 1 is 1.53 bits per heavy atom. The average molecular weight is 210 g/mol. The van der Waals surface area contributed by atoms with E-state index in [-0.39, 0.29) is 5.91 Å². The standard InChI is InChI=1S/C12H22N2O/c1-3-7-13-9-12(15)14-8-11-6-4-5-10(11)2/h3,10-11,13H,1,4-9H2,2H3,(H,14,15). The Morgan fingerprint density at radius 3 is 2.93 bits per heavy atom. The van der Waals surface area contributed by atoms with Crippen molar-refractivity contribution in [3.05, 3.63) is 12.7 Å². The molecule has 3 heteroatoms. The summed E-state index contributed by atoms with van der Waals surface area (Å²) in [5.41, 5.74) is 0. The number of carbonyl (C=O) groups is 1. The third-order valence-corrected chi connectivity index (χ3v) is 3.17. The van der Waals surface area contributed by atoms with Crippen LogP contribution in [0.4, 0.5) is 0 Å². The fraction of sp³-hybridized carbons (Fsp3) is 0.750. The van der Waals surface area contributed by atoms with Crippen LogP contribution in [0.1, 0.15) is 26.2 Å². The van der Waals surface area contributed by atoms with E-state index in [9.17, 15) is 4.79 Å². The molecule has 1 saturated carbocycles. The fourth-order valence-electron chi connectivity index (χ4n) is 2.12. The summed E-state index contributed by atoms with van der Waals surface area (Å²) < 4.78 is 0. The molecule has 2 unspecified atom stereocenters. The Labute approximate surface area is 92.3 Å². The molecule has 15 heavy (non-hydrogen) atoms. The van der Waals surface area contributed by atoms with Crippen molar-refractivity contribution in [3.63, 3.8) is 0 Å². The average Bonchev–Trinajstić information content (AvgIpc) is 2.61. The number of hydrogen-bond donors (Lipinski definition) is 2. The summed E-state index contributed by atoms with van der Waals surface area (Å²) in [7, 11) is 0. The second-order valence-corrected chi connectivity index (χ2v) is 4.39. The molecule has 86 valence electrons. The van der Waals surface area contributed by atoms with Gasteiger partial charge in [0.15, 0.2) is 0 Å². The zero-order chi connectivity index (χ0) is 11.1. The number of hydrogen-bond acceptors (Lipinski definition) is 2. The molecule has 0 aromatic rings. The Kier molecular flexibility index (Phi) is 5.40. The van der Waals surface area contributed by atoms with Crippen LogP contribution < -0.4 is 10.6 Å². The lowest BCUT2D eigenvalue weighted by atomic mass is 9.98. The zero-order valence-electron chi connectivity index (χ0n) is 9.59. The van der Waals surface area contributed by atoms with Gasteiger partial charge < -0.3 is 10.6 Å². The van der Waals surface area contributed by atoms with Crippen LogP contribution in [0.15, 0.2) is 12.7 Å². The van der Waals surface area contributed by atoms with Gasteiger partial charge >= 0.3 is 0 Å². The van der Waals surface area contributed by atoms with E-state index in [1.807, 2.05) is 0 Å². The van der Waals surface area contributed by atoms with Crippen molar-refractivity contribution >= 4 is 5.91 Å². The minimum absolute atomic E-state index is 0.0935. The van der Waals surface area contributed by atoms with Gasteiger partial charge in [-0.25, -0.2) is 0 Å². The van der Waals surface area contributed by atoms with Gasteiger partial charge in [-0.15, -0.1) is 6.58 Å². The van der Waals surface area contributed by atoms with Crippen molar-refractivity contribution in [1.29, 1.82) is 0 Å². The highest BCUT2D eigenvalue weighted by Gasteiger charge is 2.23. The first-order valence-electron chi connectivity index (χ1n) is 5.82. The van der Waals surface area contributed by atoms with Crippen molar-refractivity contribution < 1.29 is 4.79 Å². The number of carbonyl (C=O) groups excluding carboxylic acids is 1. The highest BCUT2D eigenvalue weighted by Crippen LogP contribution is 2.30. The lowest BCUT2D eigenvalue weighted by Gasteiger charge is -2.15. The van der Waals surface area contributed by atoms with Gasteiger partial charge in [-0.1, -0.05) is 25.8 Å². The van der Waals surface area contributed by atoms with Crippen LogP contribution in [-0.4, -0.2) is 25.5 Å². The van der Waals surface area contributed by atoms with E-state index in [1.165, 1.54) is 19.3 Å². The molecule has 0 saturated heterocycles. The Balaban J connectivity index is 2.08. The third kappa shape index (κ3) is 4.47. The molecule has 1 rings (SSSR count). The minimum Gasteiger partial charge on any atom is -0.355 e. The summed E-state index contributed by atoms with van der Waals surface area (Å²) in [6.07, 6.45) is 5.65. The third-order valence-electron chi connectivity index (χ3n) is 3.17. The van der Waals surface area contributed by atoms with Crippen LogP contribution >= 0.6 is 0 Å². The lowest BCUT2D eigenvalue weighted by molar-refractivity contribution is -0.120. The molecule has 2 N–H and O–H groups in total. The largest absolute Gasteiger partial charge is 0.355 e. The molecular weight excluding hydrogens is 188 g/mol. The SMILES string of the molecule is C=CCNCC(=O)NCC1CCCC1C. The first-order valence-corrected chi connectivity index (χ1v) is 5.82. The summed E-state index contributed by atoms with van der Waals surface area (Å²) in [6.45, 7) is 7.79. The molecule has 0 aliphatic heterocycles. The zero-order valence-corrected chi connectivity index (χ0v) is 9.59. The van der Waals surface area contributed by atoms with Crippen molar-refractivity contribution in [3.8, 4) is 0 Å². The topological polar surface area (TPSA) is 41.1 Å². The maximum Gasteiger partial charge on any atom is 0.233 e. The van der Waals surface area contributed by atoms with Gasteiger partial charge in [0, 0.05) is 13.1 Å². The lowest BCUT2D eigenvalue weighted by Crippen LogP contribution is -2.37. The van der Waals surface area contributed by atoms with Crippen LogP contribution in [0.2, 0.25) is 0 Å². The Bertz CT molecular complexity index is 216. The van der Waals surface area contributed by atoms with Crippen LogP contribution in [0.25, 0.3) is 0 Å². The molecule has 0 spiro atoms. The normalized spacial score (nSPS) is 25.1. The van der Waals surface area contributed by atoms with Crippen molar-refractivity contribution in [1.82, 2.24) is 10.6 Å². The number of amides is 1. The van der Waals surface area contributed by atoms with Crippen LogP contribution in [0.5, 0.6) is 0 Å². The van der Waals surface area contributed by atoms with Gasteiger partial charge in [-0.05, 0) is 18.3 Å². The van der Waals surface area contributed by atoms with Crippen LogP contribution in [0, 0.1) is 11.8 Å². The second-order valence-electron chi connectivity index (χ2n) is 4.39. The van der Waals surface area contributed by atoms with E-state index in [0.717, 1.165) is 12.5 Å². The summed E-state index contributed by atoms with van der Waals surface area (Å²) in [5, 5.41) is 5.97.